The van der Waals surface area contributed by atoms with Gasteiger partial charge in [-0.05, 0) is 43.0 Å². The fraction of sp³-hybridized carbons (Fsp3) is 0.381. The lowest BCUT2D eigenvalue weighted by Crippen LogP contribution is -2.60. The van der Waals surface area contributed by atoms with E-state index in [9.17, 15) is 9.59 Å². The Hall–Kier alpha value is -2.89. The first-order valence-corrected chi connectivity index (χ1v) is 9.41. The number of hydrogen-bond donors (Lipinski definition) is 3. The average molecular weight is 366 g/mol. The third-order valence-electron chi connectivity index (χ3n) is 5.06. The number of hydrogen-bond acceptors (Lipinski definition) is 3. The Morgan fingerprint density at radius 1 is 1.07 bits per heavy atom. The Labute approximate surface area is 159 Å². The number of nitrogens with zero attached hydrogens (tertiary/aromatic N) is 1. The van der Waals surface area contributed by atoms with Gasteiger partial charge in [0.2, 0.25) is 5.91 Å². The molecule has 1 aliphatic carbocycles. The van der Waals surface area contributed by atoms with Gasteiger partial charge in [0.15, 0.2) is 0 Å². The minimum atomic E-state index is -0.868. The maximum Gasteiger partial charge on any atom is 0.320 e. The quantitative estimate of drug-likeness (QED) is 0.757. The zero-order valence-electron chi connectivity index (χ0n) is 15.6. The second-order valence-electron chi connectivity index (χ2n) is 7.08. The van der Waals surface area contributed by atoms with Gasteiger partial charge in [0.25, 0.3) is 0 Å². The largest absolute Gasteiger partial charge is 0.350 e. The first-order chi connectivity index (χ1) is 13.1. The van der Waals surface area contributed by atoms with Crippen molar-refractivity contribution in [2.75, 3.05) is 5.32 Å². The predicted octanol–water partition coefficient (Wildman–Crippen LogP) is 3.53. The third kappa shape index (κ3) is 4.84. The summed E-state index contributed by atoms with van der Waals surface area (Å²) in [6.07, 6.45) is 7.65. The van der Waals surface area contributed by atoms with Crippen molar-refractivity contribution in [1.82, 2.24) is 15.6 Å². The van der Waals surface area contributed by atoms with Crippen LogP contribution in [0.5, 0.6) is 0 Å². The van der Waals surface area contributed by atoms with E-state index >= 15 is 0 Å². The van der Waals surface area contributed by atoms with Crippen LogP contribution in [0.15, 0.2) is 48.8 Å². The molecule has 1 aromatic heterocycles. The fourth-order valence-corrected chi connectivity index (χ4v) is 3.50. The number of amides is 3. The van der Waals surface area contributed by atoms with Crippen LogP contribution in [0.2, 0.25) is 0 Å². The summed E-state index contributed by atoms with van der Waals surface area (Å²) < 4.78 is 0. The summed E-state index contributed by atoms with van der Waals surface area (Å²) in [6.45, 7) is 2.34. The fourth-order valence-electron chi connectivity index (χ4n) is 3.50. The van der Waals surface area contributed by atoms with Gasteiger partial charge in [-0.15, -0.1) is 0 Å². The lowest BCUT2D eigenvalue weighted by atomic mass is 9.81. The molecule has 6 heteroatoms. The molecule has 1 heterocycles. The molecule has 0 spiro atoms. The molecule has 1 aliphatic rings. The molecule has 0 saturated heterocycles. The minimum Gasteiger partial charge on any atom is -0.350 e. The van der Waals surface area contributed by atoms with E-state index in [1.165, 1.54) is 0 Å². The van der Waals surface area contributed by atoms with E-state index in [1.54, 1.807) is 12.4 Å². The second-order valence-corrected chi connectivity index (χ2v) is 7.08. The second kappa shape index (κ2) is 8.66. The maximum absolute atomic E-state index is 13.0. The van der Waals surface area contributed by atoms with Crippen molar-refractivity contribution in [3.8, 4) is 0 Å². The number of aromatic nitrogens is 1. The van der Waals surface area contributed by atoms with Gasteiger partial charge >= 0.3 is 6.03 Å². The monoisotopic (exact) mass is 366 g/mol. The molecule has 0 unspecified atom stereocenters. The topological polar surface area (TPSA) is 83.1 Å². The first kappa shape index (κ1) is 18.9. The maximum atomic E-state index is 13.0. The Morgan fingerprint density at radius 2 is 1.85 bits per heavy atom. The minimum absolute atomic E-state index is 0.133. The number of carbonyl (C=O) groups excluding carboxylic acids is 2. The van der Waals surface area contributed by atoms with Crippen molar-refractivity contribution in [2.24, 2.45) is 0 Å². The lowest BCUT2D eigenvalue weighted by molar-refractivity contribution is -0.128. The van der Waals surface area contributed by atoms with Crippen LogP contribution in [0.1, 0.15) is 43.2 Å². The van der Waals surface area contributed by atoms with Crippen LogP contribution in [0.3, 0.4) is 0 Å². The van der Waals surface area contributed by atoms with E-state index in [1.807, 2.05) is 43.3 Å². The number of rotatable bonds is 5. The lowest BCUT2D eigenvalue weighted by Gasteiger charge is -2.36. The van der Waals surface area contributed by atoms with E-state index in [0.717, 1.165) is 36.1 Å². The average Bonchev–Trinajstić information content (AvgIpc) is 2.69. The molecule has 3 N–H and O–H groups in total. The Bertz CT molecular complexity index is 786. The van der Waals surface area contributed by atoms with Crippen LogP contribution in [-0.4, -0.2) is 22.5 Å². The summed E-state index contributed by atoms with van der Waals surface area (Å²) in [5, 5.41) is 8.81. The molecule has 1 aromatic carbocycles. The molecule has 1 saturated carbocycles. The van der Waals surface area contributed by atoms with Crippen molar-refractivity contribution in [2.45, 2.75) is 51.1 Å². The highest BCUT2D eigenvalue weighted by atomic mass is 16.2. The number of carbonyl (C=O) groups is 2. The zero-order chi connectivity index (χ0) is 19.1. The summed E-state index contributed by atoms with van der Waals surface area (Å²) >= 11 is 0. The predicted molar refractivity (Wildman–Crippen MR) is 105 cm³/mol. The van der Waals surface area contributed by atoms with Crippen LogP contribution in [0.4, 0.5) is 10.5 Å². The smallest absolute Gasteiger partial charge is 0.320 e. The van der Waals surface area contributed by atoms with Gasteiger partial charge in [-0.2, -0.15) is 0 Å². The number of aryl methyl sites for hydroxylation is 1. The van der Waals surface area contributed by atoms with Gasteiger partial charge in [-0.1, -0.05) is 43.5 Å². The highest BCUT2D eigenvalue weighted by Crippen LogP contribution is 2.29. The standard InChI is InChI=1S/C21H26N4O2/c1-16-8-3-4-10-18(16)24-20(27)25-21(11-5-2-6-12-21)19(26)23-15-17-9-7-13-22-14-17/h3-4,7-10,13-14H,2,5-6,11-12,15H2,1H3,(H,23,26)(H2,24,25,27). The number of urea groups is 1. The van der Waals surface area contributed by atoms with Crippen LogP contribution in [0, 0.1) is 6.92 Å². The first-order valence-electron chi connectivity index (χ1n) is 9.41. The molecule has 27 heavy (non-hydrogen) atoms. The molecule has 6 nitrogen and oxygen atoms in total. The summed E-state index contributed by atoms with van der Waals surface area (Å²) in [7, 11) is 0. The Balaban J connectivity index is 1.67. The molecule has 142 valence electrons. The van der Waals surface area contributed by atoms with E-state index < -0.39 is 5.54 Å². The van der Waals surface area contributed by atoms with Gasteiger partial charge in [0.05, 0.1) is 0 Å². The molecule has 0 radical (unpaired) electrons. The van der Waals surface area contributed by atoms with Crippen LogP contribution >= 0.6 is 0 Å². The van der Waals surface area contributed by atoms with Crippen molar-refractivity contribution >= 4 is 17.6 Å². The van der Waals surface area contributed by atoms with E-state index in [2.05, 4.69) is 20.9 Å². The number of pyridine rings is 1. The molecule has 1 fully saturated rings. The Morgan fingerprint density at radius 3 is 2.56 bits per heavy atom. The molecular formula is C21H26N4O2. The van der Waals surface area contributed by atoms with Gasteiger partial charge in [-0.3, -0.25) is 9.78 Å². The molecule has 0 atom stereocenters. The van der Waals surface area contributed by atoms with E-state index in [0.29, 0.717) is 19.4 Å². The summed E-state index contributed by atoms with van der Waals surface area (Å²) in [5.74, 6) is -0.133. The molecule has 2 aromatic rings. The molecule has 3 rings (SSSR count). The number of benzene rings is 1. The van der Waals surface area contributed by atoms with Crippen molar-refractivity contribution in [1.29, 1.82) is 0 Å². The summed E-state index contributed by atoms with van der Waals surface area (Å²) in [6, 6.07) is 11.0. The normalized spacial score (nSPS) is 15.6. The van der Waals surface area contributed by atoms with Gasteiger partial charge in [0.1, 0.15) is 5.54 Å². The van der Waals surface area contributed by atoms with E-state index in [4.69, 9.17) is 0 Å². The van der Waals surface area contributed by atoms with Crippen LogP contribution in [0.25, 0.3) is 0 Å². The molecular weight excluding hydrogens is 340 g/mol. The molecule has 0 aliphatic heterocycles. The van der Waals surface area contributed by atoms with Gasteiger partial charge in [0, 0.05) is 24.6 Å². The number of nitrogens with one attached hydrogen (secondary N) is 3. The molecule has 0 bridgehead atoms. The van der Waals surface area contributed by atoms with Crippen LogP contribution in [-0.2, 0) is 11.3 Å². The van der Waals surface area contributed by atoms with Crippen molar-refractivity contribution < 1.29 is 9.59 Å². The highest BCUT2D eigenvalue weighted by molar-refractivity contribution is 5.96. The zero-order valence-corrected chi connectivity index (χ0v) is 15.6. The van der Waals surface area contributed by atoms with E-state index in [-0.39, 0.29) is 11.9 Å². The summed E-state index contributed by atoms with van der Waals surface area (Å²) in [5.41, 5.74) is 1.79. The highest BCUT2D eigenvalue weighted by Gasteiger charge is 2.40. The van der Waals surface area contributed by atoms with Gasteiger partial charge < -0.3 is 16.0 Å². The Kier molecular flexibility index (Phi) is 6.06. The molecule has 3 amide bonds. The SMILES string of the molecule is Cc1ccccc1NC(=O)NC1(C(=O)NCc2cccnc2)CCCCC1. The third-order valence-corrected chi connectivity index (χ3v) is 5.06. The van der Waals surface area contributed by atoms with Crippen molar-refractivity contribution in [3.05, 3.63) is 59.9 Å². The van der Waals surface area contributed by atoms with Gasteiger partial charge in [-0.25, -0.2) is 4.79 Å². The summed E-state index contributed by atoms with van der Waals surface area (Å²) in [4.78, 5) is 29.6. The number of anilines is 1. The number of para-hydroxylation sites is 1. The van der Waals surface area contributed by atoms with Crippen LogP contribution < -0.4 is 16.0 Å². The van der Waals surface area contributed by atoms with Crippen molar-refractivity contribution in [3.63, 3.8) is 0 Å².